The summed E-state index contributed by atoms with van der Waals surface area (Å²) in [6.45, 7) is 5.85. The van der Waals surface area contributed by atoms with E-state index in [0.717, 1.165) is 10.4 Å². The maximum Gasteiger partial charge on any atom is 0.259 e. The third-order valence-corrected chi connectivity index (χ3v) is 3.45. The van der Waals surface area contributed by atoms with Crippen molar-refractivity contribution in [2.45, 2.75) is 6.92 Å². The maximum absolute atomic E-state index is 12.0. The van der Waals surface area contributed by atoms with Crippen molar-refractivity contribution in [3.63, 3.8) is 0 Å². The zero-order valence-corrected chi connectivity index (χ0v) is 10.7. The molecular weight excluding hydrogens is 250 g/mol. The minimum Gasteiger partial charge on any atom is -0.367 e. The Morgan fingerprint density at radius 3 is 3.11 bits per heavy atom. The highest BCUT2D eigenvalue weighted by atomic mass is 32.1. The third-order valence-electron chi connectivity index (χ3n) is 2.43. The molecule has 0 radical (unpaired) electrons. The number of nitrogens with two attached hydrogens (primary N) is 1. The van der Waals surface area contributed by atoms with Crippen LogP contribution in [0.5, 0.6) is 0 Å². The van der Waals surface area contributed by atoms with Crippen LogP contribution in [0.25, 0.3) is 10.6 Å². The van der Waals surface area contributed by atoms with Gasteiger partial charge in [0, 0.05) is 6.54 Å². The van der Waals surface area contributed by atoms with Gasteiger partial charge in [-0.2, -0.15) is 0 Å². The summed E-state index contributed by atoms with van der Waals surface area (Å²) in [5.41, 5.74) is 7.46. The smallest absolute Gasteiger partial charge is 0.259 e. The highest BCUT2D eigenvalue weighted by Crippen LogP contribution is 2.33. The van der Waals surface area contributed by atoms with Crippen LogP contribution in [0.2, 0.25) is 0 Å². The lowest BCUT2D eigenvalue weighted by molar-refractivity contribution is 0.0959. The monoisotopic (exact) mass is 263 g/mol. The third kappa shape index (κ3) is 2.14. The summed E-state index contributed by atoms with van der Waals surface area (Å²) in [5, 5.41) is 8.47. The summed E-state index contributed by atoms with van der Waals surface area (Å²) in [5.74, 6) is -0.282. The van der Waals surface area contributed by atoms with Crippen LogP contribution in [0.3, 0.4) is 0 Å². The molecule has 0 aliphatic rings. The van der Waals surface area contributed by atoms with Gasteiger partial charge in [-0.3, -0.25) is 4.79 Å². The number of amides is 1. The van der Waals surface area contributed by atoms with E-state index in [1.165, 1.54) is 11.3 Å². The predicted molar refractivity (Wildman–Crippen MR) is 71.5 cm³/mol. The number of aromatic nitrogens is 1. The van der Waals surface area contributed by atoms with E-state index in [1.807, 2.05) is 18.4 Å². The van der Waals surface area contributed by atoms with E-state index in [-0.39, 0.29) is 17.4 Å². The van der Waals surface area contributed by atoms with Gasteiger partial charge in [0.05, 0.1) is 4.88 Å². The van der Waals surface area contributed by atoms with Crippen molar-refractivity contribution in [2.24, 2.45) is 0 Å². The van der Waals surface area contributed by atoms with E-state index in [1.54, 1.807) is 6.08 Å². The summed E-state index contributed by atoms with van der Waals surface area (Å²) >= 11 is 1.49. The Morgan fingerprint density at radius 2 is 2.50 bits per heavy atom. The van der Waals surface area contributed by atoms with E-state index < -0.39 is 0 Å². The quantitative estimate of drug-likeness (QED) is 0.829. The molecule has 18 heavy (non-hydrogen) atoms. The van der Waals surface area contributed by atoms with Crippen LogP contribution in [0.4, 0.5) is 5.88 Å². The van der Waals surface area contributed by atoms with Gasteiger partial charge in [0.15, 0.2) is 0 Å². The SMILES string of the molecule is C=CCNC(=O)c1c(-c2sccc2C)noc1N. The molecule has 1 amide bonds. The number of carbonyl (C=O) groups is 1. The standard InChI is InChI=1S/C12H13N3O2S/c1-3-5-14-12(16)8-9(15-17-11(8)13)10-7(2)4-6-18-10/h3-4,6H,1,5,13H2,2H3,(H,14,16). The molecule has 0 aliphatic heterocycles. The first kappa shape index (κ1) is 12.4. The number of rotatable bonds is 4. The van der Waals surface area contributed by atoms with Gasteiger partial charge in [0.1, 0.15) is 11.3 Å². The first-order chi connectivity index (χ1) is 8.65. The van der Waals surface area contributed by atoms with Crippen LogP contribution in [0.1, 0.15) is 15.9 Å². The predicted octanol–water partition coefficient (Wildman–Crippen LogP) is 2.21. The second kappa shape index (κ2) is 5.05. The zero-order valence-electron chi connectivity index (χ0n) is 9.90. The highest BCUT2D eigenvalue weighted by Gasteiger charge is 2.23. The average Bonchev–Trinajstić information content (AvgIpc) is 2.92. The van der Waals surface area contributed by atoms with Gasteiger partial charge in [0.2, 0.25) is 5.88 Å². The molecule has 2 rings (SSSR count). The summed E-state index contributed by atoms with van der Waals surface area (Å²) in [7, 11) is 0. The fourth-order valence-corrected chi connectivity index (χ4v) is 2.46. The molecule has 0 saturated heterocycles. The molecule has 0 bridgehead atoms. The molecular formula is C12H13N3O2S. The molecule has 0 saturated carbocycles. The number of anilines is 1. The Bertz CT molecular complexity index is 586. The van der Waals surface area contributed by atoms with Crippen LogP contribution in [0.15, 0.2) is 28.6 Å². The van der Waals surface area contributed by atoms with Gasteiger partial charge in [-0.15, -0.1) is 17.9 Å². The van der Waals surface area contributed by atoms with Gasteiger partial charge in [-0.25, -0.2) is 0 Å². The lowest BCUT2D eigenvalue weighted by Crippen LogP contribution is -2.24. The highest BCUT2D eigenvalue weighted by molar-refractivity contribution is 7.13. The van der Waals surface area contributed by atoms with Crippen molar-refractivity contribution in [3.05, 3.63) is 35.2 Å². The maximum atomic E-state index is 12.0. The minimum absolute atomic E-state index is 0.0272. The minimum atomic E-state index is -0.309. The van der Waals surface area contributed by atoms with Crippen molar-refractivity contribution in [1.82, 2.24) is 10.5 Å². The fraction of sp³-hybridized carbons (Fsp3) is 0.167. The molecule has 6 heteroatoms. The van der Waals surface area contributed by atoms with Crippen molar-refractivity contribution in [1.29, 1.82) is 0 Å². The number of nitrogens with one attached hydrogen (secondary N) is 1. The first-order valence-electron chi connectivity index (χ1n) is 5.33. The van der Waals surface area contributed by atoms with Gasteiger partial charge in [-0.05, 0) is 23.9 Å². The van der Waals surface area contributed by atoms with Crippen LogP contribution < -0.4 is 11.1 Å². The van der Waals surface area contributed by atoms with Gasteiger partial charge >= 0.3 is 0 Å². The van der Waals surface area contributed by atoms with E-state index in [2.05, 4.69) is 17.1 Å². The molecule has 0 atom stereocenters. The molecule has 0 fully saturated rings. The molecule has 0 spiro atoms. The summed E-state index contributed by atoms with van der Waals surface area (Å²) < 4.78 is 4.92. The molecule has 2 aromatic heterocycles. The average molecular weight is 263 g/mol. The molecule has 0 aliphatic carbocycles. The Labute approximate surface area is 108 Å². The number of hydrogen-bond donors (Lipinski definition) is 2. The van der Waals surface area contributed by atoms with E-state index in [4.69, 9.17) is 10.3 Å². The number of aryl methyl sites for hydroxylation is 1. The lowest BCUT2D eigenvalue weighted by atomic mass is 10.1. The fourth-order valence-electron chi connectivity index (χ4n) is 1.55. The zero-order chi connectivity index (χ0) is 13.1. The lowest BCUT2D eigenvalue weighted by Gasteiger charge is -2.02. The molecule has 94 valence electrons. The van der Waals surface area contributed by atoms with E-state index in [9.17, 15) is 4.79 Å². The molecule has 3 N–H and O–H groups in total. The Balaban J connectivity index is 2.42. The number of nitrogens with zero attached hydrogens (tertiary/aromatic N) is 1. The van der Waals surface area contributed by atoms with Crippen molar-refractivity contribution >= 4 is 23.1 Å². The van der Waals surface area contributed by atoms with Gasteiger partial charge in [-0.1, -0.05) is 11.2 Å². The van der Waals surface area contributed by atoms with E-state index >= 15 is 0 Å². The number of thiophene rings is 1. The van der Waals surface area contributed by atoms with E-state index in [0.29, 0.717) is 12.2 Å². The largest absolute Gasteiger partial charge is 0.367 e. The second-order valence-corrected chi connectivity index (χ2v) is 4.62. The normalized spacial score (nSPS) is 10.3. The molecule has 0 unspecified atom stereocenters. The van der Waals surface area contributed by atoms with Crippen molar-refractivity contribution in [2.75, 3.05) is 12.3 Å². The Hall–Kier alpha value is -2.08. The molecule has 2 heterocycles. The number of hydrogen-bond acceptors (Lipinski definition) is 5. The van der Waals surface area contributed by atoms with Crippen molar-refractivity contribution in [3.8, 4) is 10.6 Å². The van der Waals surface area contributed by atoms with Crippen molar-refractivity contribution < 1.29 is 9.32 Å². The topological polar surface area (TPSA) is 81.2 Å². The van der Waals surface area contributed by atoms with Crippen LogP contribution in [0, 0.1) is 6.92 Å². The molecule has 2 aromatic rings. The Morgan fingerprint density at radius 1 is 1.72 bits per heavy atom. The Kier molecular flexibility index (Phi) is 3.47. The van der Waals surface area contributed by atoms with Crippen LogP contribution >= 0.6 is 11.3 Å². The second-order valence-electron chi connectivity index (χ2n) is 3.70. The summed E-state index contributed by atoms with van der Waals surface area (Å²) in [4.78, 5) is 12.9. The number of nitrogen functional groups attached to an aromatic ring is 1. The first-order valence-corrected chi connectivity index (χ1v) is 6.21. The van der Waals surface area contributed by atoms with Gasteiger partial charge < -0.3 is 15.6 Å². The molecule has 0 aromatic carbocycles. The van der Waals surface area contributed by atoms with Crippen LogP contribution in [-0.4, -0.2) is 17.6 Å². The van der Waals surface area contributed by atoms with Gasteiger partial charge in [0.25, 0.3) is 5.91 Å². The molecule has 5 nitrogen and oxygen atoms in total. The van der Waals surface area contributed by atoms with Crippen LogP contribution in [-0.2, 0) is 0 Å². The summed E-state index contributed by atoms with van der Waals surface area (Å²) in [6.07, 6.45) is 1.59. The summed E-state index contributed by atoms with van der Waals surface area (Å²) in [6, 6.07) is 1.95. The number of carbonyl (C=O) groups excluding carboxylic acids is 1.